The summed E-state index contributed by atoms with van der Waals surface area (Å²) in [4.78, 5) is 68.6. The van der Waals surface area contributed by atoms with Crippen LogP contribution in [0, 0.1) is 29.6 Å². The lowest BCUT2D eigenvalue weighted by Crippen LogP contribution is -2.24. The standard InChI is InChI=1S/2C13H16O3.C13H14O3.2C12H14O3.15C2H6.CH4/c3*1-16-13(15)10-7-8-11(14)12(10)9-5-3-2-4-6-9;2*13-10-7-6-9(12(14)15)11(10)8-4-2-1-3-5-8;15*1-2;/h2*2-6,10-12,14H,7-8H2,1H3;2-6,10,12H,7-8H2,1H3;2*1-5,9-11,13H,6-7H2,(H,14,15);15*1-2H3;1H4. The molecule has 0 aromatic heterocycles. The third-order valence-corrected chi connectivity index (χ3v) is 16.0. The highest BCUT2D eigenvalue weighted by Crippen LogP contribution is 2.44. The summed E-state index contributed by atoms with van der Waals surface area (Å²) in [7, 11) is 4.16. The van der Waals surface area contributed by atoms with Gasteiger partial charge in [0.2, 0.25) is 0 Å². The minimum absolute atomic E-state index is 0. The number of aliphatic hydroxyl groups is 4. The molecule has 109 heavy (non-hydrogen) atoms. The number of hydrogen-bond donors (Lipinski definition) is 6. The number of hydrogen-bond acceptors (Lipinski definition) is 13. The molecule has 10 rings (SSSR count). The summed E-state index contributed by atoms with van der Waals surface area (Å²) in [6, 6.07) is 47.6. The van der Waals surface area contributed by atoms with E-state index in [1.54, 1.807) is 0 Å². The van der Waals surface area contributed by atoms with Crippen molar-refractivity contribution in [1.82, 2.24) is 0 Å². The molecule has 0 amide bonds. The number of rotatable bonds is 10. The van der Waals surface area contributed by atoms with Crippen molar-refractivity contribution in [1.29, 1.82) is 0 Å². The molecular formula is C94H168O15. The molecule has 5 aromatic rings. The molecule has 0 radical (unpaired) electrons. The van der Waals surface area contributed by atoms with Crippen LogP contribution in [-0.2, 0) is 43.0 Å². The molecule has 5 aromatic carbocycles. The van der Waals surface area contributed by atoms with Gasteiger partial charge in [-0.05, 0) is 85.6 Å². The molecule has 0 heterocycles. The van der Waals surface area contributed by atoms with Crippen LogP contribution < -0.4 is 0 Å². The Bertz CT molecular complexity index is 2530. The van der Waals surface area contributed by atoms with E-state index in [1.807, 2.05) is 359 Å². The minimum Gasteiger partial charge on any atom is -0.481 e. The van der Waals surface area contributed by atoms with E-state index in [0.717, 1.165) is 27.8 Å². The molecule has 14 atom stereocenters. The third kappa shape index (κ3) is 47.7. The molecule has 15 heteroatoms. The van der Waals surface area contributed by atoms with Crippen molar-refractivity contribution in [2.24, 2.45) is 29.6 Å². The van der Waals surface area contributed by atoms with E-state index in [4.69, 9.17) is 24.4 Å². The van der Waals surface area contributed by atoms with Crippen molar-refractivity contribution in [2.75, 3.05) is 21.3 Å². The lowest BCUT2D eigenvalue weighted by atomic mass is 9.88. The van der Waals surface area contributed by atoms with Gasteiger partial charge in [0.15, 0.2) is 0 Å². The van der Waals surface area contributed by atoms with Crippen molar-refractivity contribution >= 4 is 35.6 Å². The molecule has 5 saturated carbocycles. The van der Waals surface area contributed by atoms with Crippen LogP contribution in [0.2, 0.25) is 0 Å². The SMILES string of the molecule is C.CC.CC.CC.CC.CC.CC.CC.CC.CC.CC.CC.CC.CC.CC.CC.COC(=O)C1CCC(=O)C1c1ccccc1.COC(=O)C1CCC(O)C1c1ccccc1.COC(=O)C1CCC(O)C1c1ccccc1.O=C(O)C1CCC(O)C1c1ccccc1.O=C(O)C1CCC(O)C1c1ccccc1. The molecule has 5 fully saturated rings. The average molecular weight is 1540 g/mol. The zero-order valence-corrected chi connectivity index (χ0v) is 74.4. The number of carboxylic acids is 2. The third-order valence-electron chi connectivity index (χ3n) is 16.0. The number of esters is 3. The van der Waals surface area contributed by atoms with Gasteiger partial charge in [0, 0.05) is 30.1 Å². The van der Waals surface area contributed by atoms with E-state index < -0.39 is 48.2 Å². The second-order valence-electron chi connectivity index (χ2n) is 20.5. The first-order valence-electron chi connectivity index (χ1n) is 41.8. The molecule has 5 aliphatic carbocycles. The lowest BCUT2D eigenvalue weighted by Gasteiger charge is -2.20. The topological polar surface area (TPSA) is 251 Å². The van der Waals surface area contributed by atoms with Gasteiger partial charge in [0.05, 0.1) is 81.3 Å². The summed E-state index contributed by atoms with van der Waals surface area (Å²) in [6.07, 6.45) is 4.18. The number of methoxy groups -OCH3 is 3. The Labute approximate surface area is 669 Å². The van der Waals surface area contributed by atoms with Crippen molar-refractivity contribution in [2.45, 2.75) is 333 Å². The molecule has 0 saturated heterocycles. The van der Waals surface area contributed by atoms with Crippen LogP contribution in [0.15, 0.2) is 152 Å². The maximum Gasteiger partial charge on any atom is 0.309 e. The Morgan fingerprint density at radius 3 is 0.633 bits per heavy atom. The van der Waals surface area contributed by atoms with Gasteiger partial charge in [-0.2, -0.15) is 0 Å². The second kappa shape index (κ2) is 89.8. The van der Waals surface area contributed by atoms with Crippen LogP contribution in [0.1, 0.15) is 337 Å². The zero-order chi connectivity index (χ0) is 86.3. The lowest BCUT2D eigenvalue weighted by molar-refractivity contribution is -0.147. The van der Waals surface area contributed by atoms with Crippen LogP contribution in [-0.4, -0.2) is 112 Å². The van der Waals surface area contributed by atoms with Gasteiger partial charge in [-0.1, -0.05) is 367 Å². The van der Waals surface area contributed by atoms with Gasteiger partial charge in [0.1, 0.15) is 5.78 Å². The molecule has 14 unspecified atom stereocenters. The Balaban J connectivity index is -0.000000112. The van der Waals surface area contributed by atoms with Crippen LogP contribution in [0.25, 0.3) is 0 Å². The van der Waals surface area contributed by atoms with E-state index in [0.29, 0.717) is 64.2 Å². The highest BCUT2D eigenvalue weighted by molar-refractivity contribution is 5.94. The van der Waals surface area contributed by atoms with Crippen molar-refractivity contribution in [3.63, 3.8) is 0 Å². The van der Waals surface area contributed by atoms with E-state index >= 15 is 0 Å². The Hall–Kier alpha value is -7.04. The van der Waals surface area contributed by atoms with Crippen LogP contribution in [0.5, 0.6) is 0 Å². The summed E-state index contributed by atoms with van der Waals surface area (Å²) >= 11 is 0. The number of aliphatic hydroxyl groups excluding tert-OH is 4. The normalized spacial score (nSPS) is 21.3. The van der Waals surface area contributed by atoms with E-state index in [-0.39, 0.29) is 78.5 Å². The van der Waals surface area contributed by atoms with E-state index in [9.17, 15) is 49.2 Å². The number of aliphatic carboxylic acids is 2. The van der Waals surface area contributed by atoms with Gasteiger partial charge < -0.3 is 44.8 Å². The van der Waals surface area contributed by atoms with Gasteiger partial charge in [-0.3, -0.25) is 28.8 Å². The number of ketones is 1. The summed E-state index contributed by atoms with van der Waals surface area (Å²) in [5.41, 5.74) is 4.80. The maximum absolute atomic E-state index is 11.8. The number of carbonyl (C=O) groups is 6. The number of benzene rings is 5. The maximum atomic E-state index is 11.8. The summed E-state index contributed by atoms with van der Waals surface area (Å²) < 4.78 is 14.3. The van der Waals surface area contributed by atoms with Crippen LogP contribution >= 0.6 is 0 Å². The number of carbonyl (C=O) groups excluding carboxylic acids is 4. The Morgan fingerprint density at radius 2 is 0.440 bits per heavy atom. The number of Topliss-reactive ketones (excluding diaryl/α,β-unsaturated/α-hetero) is 1. The van der Waals surface area contributed by atoms with Gasteiger partial charge in [-0.15, -0.1) is 0 Å². The van der Waals surface area contributed by atoms with E-state index in [2.05, 4.69) is 0 Å². The highest BCUT2D eigenvalue weighted by atomic mass is 16.5. The number of carboxylic acid groups (broad SMARTS) is 2. The molecule has 5 aliphatic rings. The fourth-order valence-corrected chi connectivity index (χ4v) is 12.1. The first kappa shape index (κ1) is 126. The van der Waals surface area contributed by atoms with Crippen LogP contribution in [0.3, 0.4) is 0 Å². The molecule has 634 valence electrons. The summed E-state index contributed by atoms with van der Waals surface area (Å²) in [5.74, 6) is -4.82. The monoisotopic (exact) mass is 1540 g/mol. The molecule has 15 nitrogen and oxygen atoms in total. The first-order chi connectivity index (χ1) is 52.6. The van der Waals surface area contributed by atoms with Gasteiger partial charge in [-0.25, -0.2) is 0 Å². The van der Waals surface area contributed by atoms with Crippen molar-refractivity contribution in [3.05, 3.63) is 179 Å². The predicted molar refractivity (Wildman–Crippen MR) is 467 cm³/mol. The van der Waals surface area contributed by atoms with E-state index in [1.165, 1.54) is 21.3 Å². The smallest absolute Gasteiger partial charge is 0.309 e. The largest absolute Gasteiger partial charge is 0.481 e. The predicted octanol–water partition coefficient (Wildman–Crippen LogP) is 24.6. The van der Waals surface area contributed by atoms with Crippen LogP contribution in [0.4, 0.5) is 0 Å². The molecule has 0 bridgehead atoms. The molecular weight excluding hydrogens is 1370 g/mol. The molecule has 0 aliphatic heterocycles. The summed E-state index contributed by atoms with van der Waals surface area (Å²) in [5, 5.41) is 57.6. The quantitative estimate of drug-likeness (QED) is 0.0562. The minimum atomic E-state index is -0.805. The second-order valence-corrected chi connectivity index (χ2v) is 20.5. The van der Waals surface area contributed by atoms with Gasteiger partial charge >= 0.3 is 29.8 Å². The fourth-order valence-electron chi connectivity index (χ4n) is 12.1. The zero-order valence-electron chi connectivity index (χ0n) is 74.4. The van der Waals surface area contributed by atoms with Crippen molar-refractivity contribution in [3.8, 4) is 0 Å². The summed E-state index contributed by atoms with van der Waals surface area (Å²) in [6.45, 7) is 60.0. The highest BCUT2D eigenvalue weighted by Gasteiger charge is 2.44. The Kier molecular flexibility index (Phi) is 104. The average Bonchev–Trinajstić information content (AvgIpc) is 1.62. The molecule has 6 N–H and O–H groups in total. The Morgan fingerprint density at radius 1 is 0.266 bits per heavy atom. The fraction of sp³-hybridized carbons (Fsp3) is 0.617. The first-order valence-corrected chi connectivity index (χ1v) is 41.8. The number of ether oxygens (including phenoxy) is 3. The molecule has 0 spiro atoms. The van der Waals surface area contributed by atoms with Crippen molar-refractivity contribution < 1.29 is 73.6 Å². The van der Waals surface area contributed by atoms with Gasteiger partial charge in [0.25, 0.3) is 0 Å².